The van der Waals surface area contributed by atoms with E-state index in [0.717, 1.165) is 24.5 Å². The highest BCUT2D eigenvalue weighted by Gasteiger charge is 2.37. The molecule has 116 valence electrons. The largest absolute Gasteiger partial charge is 0.246 e. The summed E-state index contributed by atoms with van der Waals surface area (Å²) in [5.41, 5.74) is 0.929. The lowest BCUT2D eigenvalue weighted by atomic mass is 10.1. The van der Waals surface area contributed by atoms with E-state index in [-0.39, 0.29) is 16.0 Å². The van der Waals surface area contributed by atoms with E-state index in [4.69, 9.17) is 11.6 Å². The molecule has 0 saturated carbocycles. The van der Waals surface area contributed by atoms with E-state index in [0.29, 0.717) is 6.54 Å². The number of hydrogen-bond acceptors (Lipinski definition) is 2. The van der Waals surface area contributed by atoms with Crippen LogP contribution in [0, 0.1) is 5.82 Å². The van der Waals surface area contributed by atoms with Crippen molar-refractivity contribution in [1.29, 1.82) is 0 Å². The summed E-state index contributed by atoms with van der Waals surface area (Å²) in [6.07, 6.45) is 1.49. The quantitative estimate of drug-likeness (QED) is 0.847. The van der Waals surface area contributed by atoms with Gasteiger partial charge in [-0.3, -0.25) is 0 Å². The molecule has 0 N–H and O–H groups in total. The summed E-state index contributed by atoms with van der Waals surface area (Å²) in [7, 11) is -3.88. The summed E-state index contributed by atoms with van der Waals surface area (Å²) in [5, 5.41) is 0.178. The summed E-state index contributed by atoms with van der Waals surface area (Å²) in [5.74, 6) is -0.814. The minimum Gasteiger partial charge on any atom is -0.207 e. The average molecular weight is 340 g/mol. The van der Waals surface area contributed by atoms with Gasteiger partial charge >= 0.3 is 0 Å². The fourth-order valence-electron chi connectivity index (χ4n) is 2.85. The molecular formula is C16H15ClFNO2S. The molecule has 1 atom stereocenters. The second-order valence-corrected chi connectivity index (χ2v) is 7.55. The summed E-state index contributed by atoms with van der Waals surface area (Å²) in [6, 6.07) is 12.8. The molecule has 22 heavy (non-hydrogen) atoms. The van der Waals surface area contributed by atoms with Crippen LogP contribution in [0.15, 0.2) is 53.4 Å². The third-order valence-electron chi connectivity index (χ3n) is 3.87. The van der Waals surface area contributed by atoms with Crippen molar-refractivity contribution < 1.29 is 12.8 Å². The summed E-state index contributed by atoms with van der Waals surface area (Å²) in [6.45, 7) is 0.393. The number of rotatable bonds is 3. The van der Waals surface area contributed by atoms with Crippen LogP contribution in [0.3, 0.4) is 0 Å². The first-order valence-corrected chi connectivity index (χ1v) is 8.84. The van der Waals surface area contributed by atoms with Gasteiger partial charge in [0, 0.05) is 11.6 Å². The topological polar surface area (TPSA) is 37.4 Å². The van der Waals surface area contributed by atoms with E-state index >= 15 is 0 Å². The lowest BCUT2D eigenvalue weighted by molar-refractivity contribution is 0.393. The van der Waals surface area contributed by atoms with Gasteiger partial charge in [-0.05, 0) is 36.6 Å². The Hall–Kier alpha value is -1.43. The van der Waals surface area contributed by atoms with Gasteiger partial charge in [-0.15, -0.1) is 0 Å². The maximum Gasteiger partial charge on any atom is 0.246 e. The van der Waals surface area contributed by atoms with E-state index in [1.54, 1.807) is 0 Å². The zero-order valence-electron chi connectivity index (χ0n) is 11.7. The highest BCUT2D eigenvalue weighted by Crippen LogP contribution is 2.37. The molecule has 0 aromatic heterocycles. The molecule has 0 spiro atoms. The fourth-order valence-corrected chi connectivity index (χ4v) is 4.74. The van der Waals surface area contributed by atoms with Gasteiger partial charge in [-0.2, -0.15) is 4.31 Å². The van der Waals surface area contributed by atoms with Crippen LogP contribution in [0.1, 0.15) is 24.4 Å². The van der Waals surface area contributed by atoms with Crippen molar-refractivity contribution in [1.82, 2.24) is 4.31 Å². The van der Waals surface area contributed by atoms with Crippen molar-refractivity contribution in [3.05, 3.63) is 64.9 Å². The Morgan fingerprint density at radius 1 is 1.14 bits per heavy atom. The van der Waals surface area contributed by atoms with Crippen molar-refractivity contribution in [3.8, 4) is 0 Å². The second-order valence-electron chi connectivity index (χ2n) is 5.26. The van der Waals surface area contributed by atoms with Crippen LogP contribution in [0.5, 0.6) is 0 Å². The number of nitrogens with zero attached hydrogens (tertiary/aromatic N) is 1. The van der Waals surface area contributed by atoms with Gasteiger partial charge in [0.25, 0.3) is 0 Å². The van der Waals surface area contributed by atoms with Gasteiger partial charge in [-0.1, -0.05) is 41.9 Å². The molecule has 0 aliphatic carbocycles. The standard InChI is InChI=1S/C16H15ClFNO2S/c17-13-8-9-16(14(18)11-13)22(20,21)19-10-4-7-15(19)12-5-2-1-3-6-12/h1-3,5-6,8-9,11,15H,4,7,10H2/t15-/m1/s1. The molecule has 1 aliphatic heterocycles. The predicted octanol–water partition coefficient (Wildman–Crippen LogP) is 4.00. The van der Waals surface area contributed by atoms with Crippen molar-refractivity contribution in [2.24, 2.45) is 0 Å². The first kappa shape index (κ1) is 15.5. The third kappa shape index (κ3) is 2.76. The van der Waals surface area contributed by atoms with Gasteiger partial charge in [-0.25, -0.2) is 12.8 Å². The molecule has 3 nitrogen and oxygen atoms in total. The van der Waals surface area contributed by atoms with E-state index in [9.17, 15) is 12.8 Å². The maximum atomic E-state index is 14.0. The summed E-state index contributed by atoms with van der Waals surface area (Å²) >= 11 is 5.70. The van der Waals surface area contributed by atoms with Crippen LogP contribution < -0.4 is 0 Å². The molecule has 0 bridgehead atoms. The van der Waals surface area contributed by atoms with Crippen LogP contribution in [0.4, 0.5) is 4.39 Å². The van der Waals surface area contributed by atoms with Crippen molar-refractivity contribution >= 4 is 21.6 Å². The number of benzene rings is 2. The fraction of sp³-hybridized carbons (Fsp3) is 0.250. The molecule has 1 fully saturated rings. The first-order chi connectivity index (χ1) is 10.5. The van der Waals surface area contributed by atoms with Crippen LogP contribution >= 0.6 is 11.6 Å². The molecule has 2 aromatic carbocycles. The number of sulfonamides is 1. The highest BCUT2D eigenvalue weighted by atomic mass is 35.5. The van der Waals surface area contributed by atoms with Crippen LogP contribution in [-0.4, -0.2) is 19.3 Å². The molecule has 0 radical (unpaired) electrons. The maximum absolute atomic E-state index is 14.0. The van der Waals surface area contributed by atoms with Crippen LogP contribution in [0.2, 0.25) is 5.02 Å². The molecule has 2 aromatic rings. The molecular weight excluding hydrogens is 325 g/mol. The third-order valence-corrected chi connectivity index (χ3v) is 6.05. The highest BCUT2D eigenvalue weighted by molar-refractivity contribution is 7.89. The van der Waals surface area contributed by atoms with Gasteiger partial charge in [0.2, 0.25) is 10.0 Å². The Morgan fingerprint density at radius 3 is 2.55 bits per heavy atom. The monoisotopic (exact) mass is 339 g/mol. The Bertz CT molecular complexity index is 780. The minimum atomic E-state index is -3.88. The summed E-state index contributed by atoms with van der Waals surface area (Å²) < 4.78 is 41.0. The SMILES string of the molecule is O=S(=O)(c1ccc(Cl)cc1F)N1CCC[C@@H]1c1ccccc1. The zero-order valence-corrected chi connectivity index (χ0v) is 13.3. The smallest absolute Gasteiger partial charge is 0.207 e. The van der Waals surface area contributed by atoms with Gasteiger partial charge in [0.15, 0.2) is 0 Å². The lowest BCUT2D eigenvalue weighted by Gasteiger charge is -2.24. The van der Waals surface area contributed by atoms with E-state index in [1.807, 2.05) is 30.3 Å². The van der Waals surface area contributed by atoms with E-state index < -0.39 is 15.8 Å². The normalized spacial score (nSPS) is 19.5. The Kier molecular flexibility index (Phi) is 4.21. The van der Waals surface area contributed by atoms with Gasteiger partial charge in [0.1, 0.15) is 10.7 Å². The Morgan fingerprint density at radius 2 is 1.86 bits per heavy atom. The lowest BCUT2D eigenvalue weighted by Crippen LogP contribution is -2.31. The average Bonchev–Trinajstić information content (AvgIpc) is 2.98. The van der Waals surface area contributed by atoms with E-state index in [1.165, 1.54) is 16.4 Å². The molecule has 1 aliphatic rings. The van der Waals surface area contributed by atoms with Crippen molar-refractivity contribution in [2.45, 2.75) is 23.8 Å². The molecule has 0 amide bonds. The van der Waals surface area contributed by atoms with Crippen molar-refractivity contribution in [2.75, 3.05) is 6.54 Å². The first-order valence-electron chi connectivity index (χ1n) is 7.02. The number of halogens is 2. The van der Waals surface area contributed by atoms with Crippen LogP contribution in [-0.2, 0) is 10.0 Å². The Balaban J connectivity index is 2.01. The van der Waals surface area contributed by atoms with Crippen molar-refractivity contribution in [3.63, 3.8) is 0 Å². The second kappa shape index (κ2) is 5.99. The predicted molar refractivity (Wildman–Crippen MR) is 83.7 cm³/mol. The minimum absolute atomic E-state index is 0.178. The molecule has 0 unspecified atom stereocenters. The Labute approximate surface area is 134 Å². The van der Waals surface area contributed by atoms with Gasteiger partial charge in [0.05, 0.1) is 6.04 Å². The molecule has 6 heteroatoms. The summed E-state index contributed by atoms with van der Waals surface area (Å²) in [4.78, 5) is -0.320. The molecule has 1 saturated heterocycles. The molecule has 3 rings (SSSR count). The van der Waals surface area contributed by atoms with E-state index in [2.05, 4.69) is 0 Å². The zero-order chi connectivity index (χ0) is 15.7. The van der Waals surface area contributed by atoms with Gasteiger partial charge < -0.3 is 0 Å². The number of hydrogen-bond donors (Lipinski definition) is 0. The molecule has 1 heterocycles. The van der Waals surface area contributed by atoms with Crippen LogP contribution in [0.25, 0.3) is 0 Å².